The number of sulfonamides is 1. The number of halogens is 1. The first kappa shape index (κ1) is 25.7. The number of nitrogens with one attached hydrogen (secondary N) is 2. The molecule has 0 heterocycles. The van der Waals surface area contributed by atoms with Gasteiger partial charge in [0.2, 0.25) is 10.0 Å². The molecular weight excluding hydrogens is 516 g/mol. The van der Waals surface area contributed by atoms with Gasteiger partial charge in [-0.15, -0.1) is 0 Å². The van der Waals surface area contributed by atoms with Gasteiger partial charge in [0, 0.05) is 11.4 Å². The number of benzene rings is 3. The lowest BCUT2D eigenvalue weighted by Gasteiger charge is -2.65. The molecular formula is C31H35ClN2O3S. The zero-order valence-electron chi connectivity index (χ0n) is 22.2. The molecule has 0 aromatic heterocycles. The van der Waals surface area contributed by atoms with Crippen molar-refractivity contribution in [3.05, 3.63) is 77.3 Å². The summed E-state index contributed by atoms with van der Waals surface area (Å²) in [5.41, 5.74) is 4.19. The number of rotatable bonds is 7. The molecule has 7 rings (SSSR count). The minimum atomic E-state index is -3.45. The van der Waals surface area contributed by atoms with Crippen LogP contribution in [0.3, 0.4) is 0 Å². The number of anilines is 2. The minimum Gasteiger partial charge on any atom is -0.456 e. The molecule has 0 spiro atoms. The Morgan fingerprint density at radius 1 is 0.842 bits per heavy atom. The molecule has 3 aromatic carbocycles. The molecule has 2 unspecified atom stereocenters. The van der Waals surface area contributed by atoms with Crippen LogP contribution in [0.2, 0.25) is 5.02 Å². The normalized spacial score (nSPS) is 29.8. The van der Waals surface area contributed by atoms with Gasteiger partial charge in [0.1, 0.15) is 11.5 Å². The highest BCUT2D eigenvalue weighted by atomic mass is 35.5. The highest BCUT2D eigenvalue weighted by Gasteiger charge is 2.60. The van der Waals surface area contributed by atoms with Crippen molar-refractivity contribution < 1.29 is 13.2 Å². The van der Waals surface area contributed by atoms with E-state index in [9.17, 15) is 8.42 Å². The molecule has 4 saturated carbocycles. The maximum atomic E-state index is 11.9. The maximum absolute atomic E-state index is 11.9. The number of ether oxygens (including phenoxy) is 1. The van der Waals surface area contributed by atoms with E-state index < -0.39 is 10.0 Å². The predicted molar refractivity (Wildman–Crippen MR) is 153 cm³/mol. The fourth-order valence-corrected chi connectivity index (χ4v) is 9.37. The Balaban J connectivity index is 1.15. The third kappa shape index (κ3) is 4.72. The topological polar surface area (TPSA) is 67.4 Å². The van der Waals surface area contributed by atoms with Crippen LogP contribution >= 0.6 is 11.6 Å². The Hall–Kier alpha value is -2.54. The summed E-state index contributed by atoms with van der Waals surface area (Å²) in [4.78, 5) is 0.226. The van der Waals surface area contributed by atoms with Crippen molar-refractivity contribution in [3.63, 3.8) is 0 Å². The van der Waals surface area contributed by atoms with E-state index in [1.54, 1.807) is 24.3 Å². The summed E-state index contributed by atoms with van der Waals surface area (Å²) < 4.78 is 32.3. The van der Waals surface area contributed by atoms with Gasteiger partial charge in [-0.2, -0.15) is 0 Å². The van der Waals surface area contributed by atoms with Crippen LogP contribution in [0.25, 0.3) is 0 Å². The highest BCUT2D eigenvalue weighted by molar-refractivity contribution is 7.89. The monoisotopic (exact) mass is 550 g/mol. The summed E-state index contributed by atoms with van der Waals surface area (Å²) in [5, 5.41) is 3.94. The van der Waals surface area contributed by atoms with Gasteiger partial charge in [-0.25, -0.2) is 13.1 Å². The first-order chi connectivity index (χ1) is 18.0. The summed E-state index contributed by atoms with van der Waals surface area (Å²) in [5.74, 6) is 2.21. The molecule has 4 bridgehead atoms. The molecule has 2 N–H and O–H groups in total. The second-order valence-corrected chi connectivity index (χ2v) is 14.8. The molecule has 4 aliphatic carbocycles. The molecule has 4 fully saturated rings. The Bertz CT molecular complexity index is 1450. The van der Waals surface area contributed by atoms with Crippen LogP contribution in [0.1, 0.15) is 57.9 Å². The van der Waals surface area contributed by atoms with E-state index in [0.29, 0.717) is 27.4 Å². The van der Waals surface area contributed by atoms with Gasteiger partial charge < -0.3 is 10.1 Å². The molecule has 5 nitrogen and oxygen atoms in total. The summed E-state index contributed by atoms with van der Waals surface area (Å²) >= 11 is 6.80. The van der Waals surface area contributed by atoms with E-state index in [1.165, 1.54) is 51.1 Å². The molecule has 7 heteroatoms. The van der Waals surface area contributed by atoms with E-state index in [4.69, 9.17) is 16.3 Å². The third-order valence-electron chi connectivity index (χ3n) is 8.97. The second-order valence-electron chi connectivity index (χ2n) is 12.5. The molecule has 4 aliphatic rings. The first-order valence-corrected chi connectivity index (χ1v) is 15.2. The van der Waals surface area contributed by atoms with Crippen molar-refractivity contribution in [1.29, 1.82) is 0 Å². The summed E-state index contributed by atoms with van der Waals surface area (Å²) in [6, 6.07) is 20.7. The van der Waals surface area contributed by atoms with Crippen LogP contribution in [0.5, 0.6) is 11.5 Å². The van der Waals surface area contributed by atoms with Crippen LogP contribution in [-0.2, 0) is 15.4 Å². The Kier molecular flexibility index (Phi) is 6.09. The summed E-state index contributed by atoms with van der Waals surface area (Å²) in [6.07, 6.45) is 7.95. The lowest BCUT2D eigenvalue weighted by Crippen LogP contribution is -2.56. The maximum Gasteiger partial charge on any atom is 0.240 e. The molecule has 0 amide bonds. The molecule has 0 radical (unpaired) electrons. The van der Waals surface area contributed by atoms with Crippen LogP contribution in [-0.4, -0.2) is 15.5 Å². The van der Waals surface area contributed by atoms with E-state index in [0.717, 1.165) is 17.3 Å². The highest BCUT2D eigenvalue weighted by Crippen LogP contribution is 2.70. The first-order valence-electron chi connectivity index (χ1n) is 13.4. The van der Waals surface area contributed by atoms with Crippen LogP contribution in [0.15, 0.2) is 71.6 Å². The van der Waals surface area contributed by atoms with E-state index >= 15 is 0 Å². The standard InChI is InChI=1S/C31H35ClN2O3S/c1-29-15-21-16-30(2,18-29)20-31(17-21,19-29)22-4-13-28(27(32)14-22)37-25-9-5-23(6-10-25)34-24-7-11-26(12-8-24)38(35,36)33-3/h4-14,21,33-34H,15-20H2,1-3H3. The van der Waals surface area contributed by atoms with Gasteiger partial charge in [0.25, 0.3) is 0 Å². The van der Waals surface area contributed by atoms with E-state index in [1.807, 2.05) is 30.3 Å². The Morgan fingerprint density at radius 2 is 1.45 bits per heavy atom. The quantitative estimate of drug-likeness (QED) is 0.312. The number of hydrogen-bond acceptors (Lipinski definition) is 4. The van der Waals surface area contributed by atoms with Gasteiger partial charge >= 0.3 is 0 Å². The lowest BCUT2D eigenvalue weighted by atomic mass is 9.39. The summed E-state index contributed by atoms with van der Waals surface area (Å²) in [7, 11) is -2.05. The van der Waals surface area contributed by atoms with Gasteiger partial charge in [0.15, 0.2) is 0 Å². The van der Waals surface area contributed by atoms with Crippen LogP contribution < -0.4 is 14.8 Å². The van der Waals surface area contributed by atoms with Crippen molar-refractivity contribution in [3.8, 4) is 11.5 Å². The largest absolute Gasteiger partial charge is 0.456 e. The van der Waals surface area contributed by atoms with Gasteiger partial charge in [-0.3, -0.25) is 0 Å². The SMILES string of the molecule is CNS(=O)(=O)c1ccc(Nc2ccc(Oc3ccc(C45CC6CC(C)(CC(C)(C6)C4)C5)cc3Cl)cc2)cc1. The molecule has 200 valence electrons. The van der Waals surface area contributed by atoms with E-state index in [2.05, 4.69) is 36.0 Å². The van der Waals surface area contributed by atoms with Crippen molar-refractivity contribution in [2.75, 3.05) is 12.4 Å². The van der Waals surface area contributed by atoms with Crippen LogP contribution in [0, 0.1) is 16.7 Å². The van der Waals surface area contributed by atoms with Gasteiger partial charge in [0.05, 0.1) is 9.92 Å². The average Bonchev–Trinajstić information content (AvgIpc) is 2.84. The third-order valence-corrected chi connectivity index (χ3v) is 10.7. The second kappa shape index (κ2) is 9.00. The van der Waals surface area contributed by atoms with Crippen molar-refractivity contribution in [2.24, 2.45) is 16.7 Å². The Morgan fingerprint density at radius 3 is 2.00 bits per heavy atom. The Labute approximate surface area is 231 Å². The smallest absolute Gasteiger partial charge is 0.240 e. The number of hydrogen-bond donors (Lipinski definition) is 2. The van der Waals surface area contributed by atoms with E-state index in [-0.39, 0.29) is 10.3 Å². The molecule has 38 heavy (non-hydrogen) atoms. The summed E-state index contributed by atoms with van der Waals surface area (Å²) in [6.45, 7) is 5.01. The van der Waals surface area contributed by atoms with Crippen LogP contribution in [0.4, 0.5) is 11.4 Å². The van der Waals surface area contributed by atoms with Gasteiger partial charge in [-0.05, 0) is 134 Å². The van der Waals surface area contributed by atoms with Gasteiger partial charge in [-0.1, -0.05) is 31.5 Å². The van der Waals surface area contributed by atoms with Crippen molar-refractivity contribution in [1.82, 2.24) is 4.72 Å². The molecule has 0 saturated heterocycles. The zero-order valence-corrected chi connectivity index (χ0v) is 23.8. The fourth-order valence-electron chi connectivity index (χ4n) is 8.42. The molecule has 2 atom stereocenters. The minimum absolute atomic E-state index is 0.226. The fraction of sp³-hybridized carbons (Fsp3) is 0.419. The zero-order chi connectivity index (χ0) is 26.8. The average molecular weight is 551 g/mol. The van der Waals surface area contributed by atoms with Crippen molar-refractivity contribution >= 4 is 33.0 Å². The lowest BCUT2D eigenvalue weighted by molar-refractivity contribution is -0.110. The van der Waals surface area contributed by atoms with Crippen molar-refractivity contribution in [2.45, 2.75) is 62.7 Å². The molecule has 3 aromatic rings. The predicted octanol–water partition coefficient (Wildman–Crippen LogP) is 8.03. The molecule has 0 aliphatic heterocycles.